The average molecular weight is 199 g/mol. The van der Waals surface area contributed by atoms with Crippen molar-refractivity contribution in [3.05, 3.63) is 0 Å². The highest BCUT2D eigenvalue weighted by atomic mass is 16.2. The van der Waals surface area contributed by atoms with Crippen molar-refractivity contribution in [3.63, 3.8) is 0 Å². The SMILES string of the molecule is CCCCNC(=O)NC1(C)CCNC1. The molecule has 0 aliphatic carbocycles. The topological polar surface area (TPSA) is 53.2 Å². The van der Waals surface area contributed by atoms with Crippen molar-refractivity contribution in [1.82, 2.24) is 16.0 Å². The maximum Gasteiger partial charge on any atom is 0.315 e. The summed E-state index contributed by atoms with van der Waals surface area (Å²) in [5, 5.41) is 9.10. The van der Waals surface area contributed by atoms with Gasteiger partial charge in [-0.15, -0.1) is 0 Å². The van der Waals surface area contributed by atoms with E-state index < -0.39 is 0 Å². The van der Waals surface area contributed by atoms with Crippen molar-refractivity contribution in [2.45, 2.75) is 38.6 Å². The Kier molecular flexibility index (Phi) is 4.20. The second-order valence-electron chi connectivity index (χ2n) is 4.22. The van der Waals surface area contributed by atoms with Gasteiger partial charge in [0.25, 0.3) is 0 Å². The standard InChI is InChI=1S/C10H21N3O/c1-3-4-6-12-9(14)13-10(2)5-7-11-8-10/h11H,3-8H2,1-2H3,(H2,12,13,14). The highest BCUT2D eigenvalue weighted by molar-refractivity contribution is 5.74. The van der Waals surface area contributed by atoms with E-state index in [9.17, 15) is 4.79 Å². The fraction of sp³-hybridized carbons (Fsp3) is 0.900. The van der Waals surface area contributed by atoms with Crippen LogP contribution >= 0.6 is 0 Å². The van der Waals surface area contributed by atoms with Gasteiger partial charge in [0.2, 0.25) is 0 Å². The van der Waals surface area contributed by atoms with E-state index in [-0.39, 0.29) is 11.6 Å². The molecule has 1 rings (SSSR count). The summed E-state index contributed by atoms with van der Waals surface area (Å²) in [6.45, 7) is 6.82. The Hall–Kier alpha value is -0.770. The number of nitrogens with one attached hydrogen (secondary N) is 3. The van der Waals surface area contributed by atoms with Crippen LogP contribution in [0.2, 0.25) is 0 Å². The maximum atomic E-state index is 11.4. The van der Waals surface area contributed by atoms with Crippen molar-refractivity contribution >= 4 is 6.03 Å². The molecule has 1 fully saturated rings. The Morgan fingerprint density at radius 2 is 2.36 bits per heavy atom. The molecule has 1 aliphatic heterocycles. The number of urea groups is 1. The summed E-state index contributed by atoms with van der Waals surface area (Å²) in [5.74, 6) is 0. The molecular weight excluding hydrogens is 178 g/mol. The molecule has 0 spiro atoms. The van der Waals surface area contributed by atoms with Crippen molar-refractivity contribution in [1.29, 1.82) is 0 Å². The van der Waals surface area contributed by atoms with E-state index in [1.54, 1.807) is 0 Å². The zero-order valence-electron chi connectivity index (χ0n) is 9.15. The molecule has 4 nitrogen and oxygen atoms in total. The second kappa shape index (κ2) is 5.20. The molecular formula is C10H21N3O. The predicted octanol–water partition coefficient (Wildman–Crippen LogP) is 0.838. The summed E-state index contributed by atoms with van der Waals surface area (Å²) in [5.41, 5.74) is -0.0592. The van der Waals surface area contributed by atoms with Crippen molar-refractivity contribution in [3.8, 4) is 0 Å². The van der Waals surface area contributed by atoms with Crippen molar-refractivity contribution < 1.29 is 4.79 Å². The molecule has 14 heavy (non-hydrogen) atoms. The molecule has 0 aromatic carbocycles. The van der Waals surface area contributed by atoms with E-state index in [1.807, 2.05) is 0 Å². The van der Waals surface area contributed by atoms with E-state index in [0.717, 1.165) is 38.9 Å². The third kappa shape index (κ3) is 3.54. The normalized spacial score (nSPS) is 26.1. The molecule has 4 heteroatoms. The van der Waals surface area contributed by atoms with Crippen LogP contribution < -0.4 is 16.0 Å². The zero-order valence-corrected chi connectivity index (χ0v) is 9.15. The van der Waals surface area contributed by atoms with E-state index >= 15 is 0 Å². The van der Waals surface area contributed by atoms with Crippen LogP contribution in [0.15, 0.2) is 0 Å². The van der Waals surface area contributed by atoms with Gasteiger partial charge in [-0.05, 0) is 26.3 Å². The van der Waals surface area contributed by atoms with E-state index in [1.165, 1.54) is 0 Å². The van der Waals surface area contributed by atoms with Gasteiger partial charge in [-0.3, -0.25) is 0 Å². The van der Waals surface area contributed by atoms with Crippen LogP contribution in [-0.4, -0.2) is 31.2 Å². The number of amides is 2. The molecule has 1 heterocycles. The average Bonchev–Trinajstić information content (AvgIpc) is 2.52. The fourth-order valence-corrected chi connectivity index (χ4v) is 1.62. The largest absolute Gasteiger partial charge is 0.338 e. The number of hydrogen-bond donors (Lipinski definition) is 3. The summed E-state index contributed by atoms with van der Waals surface area (Å²) < 4.78 is 0. The number of rotatable bonds is 4. The van der Waals surface area contributed by atoms with Gasteiger partial charge in [0.1, 0.15) is 0 Å². The Morgan fingerprint density at radius 1 is 1.57 bits per heavy atom. The first-order valence-electron chi connectivity index (χ1n) is 5.43. The third-order valence-electron chi connectivity index (χ3n) is 2.60. The molecule has 82 valence electrons. The summed E-state index contributed by atoms with van der Waals surface area (Å²) in [7, 11) is 0. The first-order chi connectivity index (χ1) is 6.66. The van der Waals surface area contributed by atoms with Crippen LogP contribution in [0.25, 0.3) is 0 Å². The van der Waals surface area contributed by atoms with Crippen LogP contribution in [0.4, 0.5) is 4.79 Å². The Bertz CT molecular complexity index is 188. The molecule has 2 amide bonds. The van der Waals surface area contributed by atoms with Crippen LogP contribution in [0.1, 0.15) is 33.1 Å². The van der Waals surface area contributed by atoms with Gasteiger partial charge in [-0.25, -0.2) is 4.79 Å². The van der Waals surface area contributed by atoms with Gasteiger partial charge in [0.15, 0.2) is 0 Å². The summed E-state index contributed by atoms with van der Waals surface area (Å²) in [6, 6.07) is -0.0374. The van der Waals surface area contributed by atoms with Gasteiger partial charge in [-0.1, -0.05) is 13.3 Å². The van der Waals surface area contributed by atoms with Gasteiger partial charge >= 0.3 is 6.03 Å². The van der Waals surface area contributed by atoms with Gasteiger partial charge < -0.3 is 16.0 Å². The molecule has 1 saturated heterocycles. The quantitative estimate of drug-likeness (QED) is 0.588. The van der Waals surface area contributed by atoms with E-state index in [0.29, 0.717) is 0 Å². The second-order valence-corrected chi connectivity index (χ2v) is 4.22. The molecule has 1 atom stereocenters. The minimum Gasteiger partial charge on any atom is -0.338 e. The lowest BCUT2D eigenvalue weighted by Crippen LogP contribution is -2.51. The lowest BCUT2D eigenvalue weighted by Gasteiger charge is -2.24. The molecule has 1 unspecified atom stereocenters. The molecule has 0 aromatic rings. The highest BCUT2D eigenvalue weighted by Crippen LogP contribution is 2.12. The van der Waals surface area contributed by atoms with Crippen LogP contribution in [0.3, 0.4) is 0 Å². The van der Waals surface area contributed by atoms with Crippen molar-refractivity contribution in [2.24, 2.45) is 0 Å². The van der Waals surface area contributed by atoms with Gasteiger partial charge in [0.05, 0.1) is 5.54 Å². The molecule has 0 aromatic heterocycles. The Morgan fingerprint density at radius 3 is 2.93 bits per heavy atom. The fourth-order valence-electron chi connectivity index (χ4n) is 1.62. The predicted molar refractivity (Wildman–Crippen MR) is 57.3 cm³/mol. The Balaban J connectivity index is 2.19. The minimum absolute atomic E-state index is 0.0374. The van der Waals surface area contributed by atoms with Crippen molar-refractivity contribution in [2.75, 3.05) is 19.6 Å². The molecule has 3 N–H and O–H groups in total. The first kappa shape index (κ1) is 11.3. The highest BCUT2D eigenvalue weighted by Gasteiger charge is 2.29. The summed E-state index contributed by atoms with van der Waals surface area (Å²) >= 11 is 0. The Labute approximate surface area is 85.8 Å². The van der Waals surface area contributed by atoms with E-state index in [4.69, 9.17) is 0 Å². The molecule has 0 saturated carbocycles. The number of unbranched alkanes of at least 4 members (excludes halogenated alkanes) is 1. The smallest absolute Gasteiger partial charge is 0.315 e. The minimum atomic E-state index is -0.0592. The van der Waals surface area contributed by atoms with Crippen LogP contribution in [0.5, 0.6) is 0 Å². The van der Waals surface area contributed by atoms with Crippen LogP contribution in [0, 0.1) is 0 Å². The number of carbonyl (C=O) groups excluding carboxylic acids is 1. The third-order valence-corrected chi connectivity index (χ3v) is 2.60. The lowest BCUT2D eigenvalue weighted by atomic mass is 10.0. The zero-order chi connectivity index (χ0) is 10.4. The molecule has 0 radical (unpaired) electrons. The summed E-state index contributed by atoms with van der Waals surface area (Å²) in [6.07, 6.45) is 3.16. The summed E-state index contributed by atoms with van der Waals surface area (Å²) in [4.78, 5) is 11.4. The lowest BCUT2D eigenvalue weighted by molar-refractivity contribution is 0.229. The van der Waals surface area contributed by atoms with Crippen LogP contribution in [-0.2, 0) is 0 Å². The maximum absolute atomic E-state index is 11.4. The number of carbonyl (C=O) groups is 1. The molecule has 1 aliphatic rings. The van der Waals surface area contributed by atoms with E-state index in [2.05, 4.69) is 29.8 Å². The number of hydrogen-bond acceptors (Lipinski definition) is 2. The first-order valence-corrected chi connectivity index (χ1v) is 5.43. The van der Waals surface area contributed by atoms with Gasteiger partial charge in [-0.2, -0.15) is 0 Å². The van der Waals surface area contributed by atoms with Gasteiger partial charge in [0, 0.05) is 13.1 Å². The monoisotopic (exact) mass is 199 g/mol. The molecule has 0 bridgehead atoms.